The van der Waals surface area contributed by atoms with Gasteiger partial charge in [0.15, 0.2) is 0 Å². The number of aromatic carboxylic acids is 1. The lowest BCUT2D eigenvalue weighted by Crippen LogP contribution is -2.22. The summed E-state index contributed by atoms with van der Waals surface area (Å²) in [5.41, 5.74) is 7.36. The van der Waals surface area contributed by atoms with Crippen LogP contribution in [0.15, 0.2) is 77.9 Å². The molecule has 0 atom stereocenters. The van der Waals surface area contributed by atoms with E-state index < -0.39 is 5.97 Å². The number of carboxylic acids is 1. The molecule has 0 aliphatic carbocycles. The van der Waals surface area contributed by atoms with E-state index in [0.29, 0.717) is 11.1 Å². The number of carboxylic acid groups (broad SMARTS) is 1. The van der Waals surface area contributed by atoms with Gasteiger partial charge in [0.25, 0.3) is 5.91 Å². The number of fused-ring (bicyclic) bond motifs is 1. The quantitative estimate of drug-likeness (QED) is 0.540. The lowest BCUT2D eigenvalue weighted by molar-refractivity contribution is -0.255. The fourth-order valence-electron chi connectivity index (χ4n) is 3.29. The summed E-state index contributed by atoms with van der Waals surface area (Å²) in [5, 5.41) is 14.7. The first-order chi connectivity index (χ1) is 14.1. The Morgan fingerprint density at radius 1 is 0.897 bits per heavy atom. The molecule has 4 rings (SSSR count). The molecule has 0 bridgehead atoms. The van der Waals surface area contributed by atoms with Gasteiger partial charge in [0, 0.05) is 24.3 Å². The van der Waals surface area contributed by atoms with E-state index in [-0.39, 0.29) is 11.5 Å². The maximum absolute atomic E-state index is 12.4. The summed E-state index contributed by atoms with van der Waals surface area (Å²) in [5.74, 6) is -1.55. The van der Waals surface area contributed by atoms with Crippen LogP contribution in [0.1, 0.15) is 37.4 Å². The fourth-order valence-corrected chi connectivity index (χ4v) is 3.29. The Balaban J connectivity index is 1.41. The predicted molar refractivity (Wildman–Crippen MR) is 109 cm³/mol. The summed E-state index contributed by atoms with van der Waals surface area (Å²) in [6.07, 6.45) is 1.46. The molecule has 3 aromatic rings. The van der Waals surface area contributed by atoms with E-state index >= 15 is 0 Å². The van der Waals surface area contributed by atoms with Gasteiger partial charge in [-0.25, -0.2) is 5.43 Å². The fraction of sp³-hybridized carbons (Fsp3) is 0.0870. The summed E-state index contributed by atoms with van der Waals surface area (Å²) in [6.45, 7) is 1.64. The molecular formula is C23H18N3O3-. The first-order valence-electron chi connectivity index (χ1n) is 9.17. The molecule has 1 aliphatic heterocycles. The molecule has 6 nitrogen and oxygen atoms in total. The van der Waals surface area contributed by atoms with Gasteiger partial charge in [0.05, 0.1) is 12.2 Å². The van der Waals surface area contributed by atoms with Crippen LogP contribution in [0.2, 0.25) is 0 Å². The summed E-state index contributed by atoms with van der Waals surface area (Å²) < 4.78 is 0. The number of anilines is 1. The van der Waals surface area contributed by atoms with E-state index in [1.165, 1.54) is 29.5 Å². The molecule has 0 radical (unpaired) electrons. The Labute approximate surface area is 168 Å². The monoisotopic (exact) mass is 384 g/mol. The molecule has 29 heavy (non-hydrogen) atoms. The Morgan fingerprint density at radius 2 is 1.59 bits per heavy atom. The highest BCUT2D eigenvalue weighted by atomic mass is 16.4. The van der Waals surface area contributed by atoms with Gasteiger partial charge in [-0.3, -0.25) is 4.79 Å². The molecule has 144 valence electrons. The maximum atomic E-state index is 12.4. The zero-order chi connectivity index (χ0) is 20.2. The largest absolute Gasteiger partial charge is 0.545 e. The number of benzene rings is 3. The summed E-state index contributed by atoms with van der Waals surface area (Å²) in [7, 11) is 0. The smallest absolute Gasteiger partial charge is 0.271 e. The Hall–Kier alpha value is -3.93. The molecule has 0 unspecified atom stereocenters. The molecule has 1 aliphatic rings. The highest BCUT2D eigenvalue weighted by Gasteiger charge is 2.19. The minimum absolute atomic E-state index is 0.0899. The van der Waals surface area contributed by atoms with Crippen molar-refractivity contribution in [3.63, 3.8) is 0 Å². The van der Waals surface area contributed by atoms with Crippen molar-refractivity contribution >= 4 is 23.8 Å². The molecule has 0 aromatic heterocycles. The van der Waals surface area contributed by atoms with Gasteiger partial charge in [-0.2, -0.15) is 5.10 Å². The van der Waals surface area contributed by atoms with Crippen molar-refractivity contribution < 1.29 is 14.7 Å². The predicted octanol–water partition coefficient (Wildman–Crippen LogP) is 2.33. The summed E-state index contributed by atoms with van der Waals surface area (Å²) >= 11 is 0. The highest BCUT2D eigenvalue weighted by molar-refractivity contribution is 5.96. The van der Waals surface area contributed by atoms with Crippen LogP contribution in [0.5, 0.6) is 0 Å². The number of nitrogens with zero attached hydrogens (tertiary/aromatic N) is 2. The average Bonchev–Trinajstić information content (AvgIpc) is 3.18. The number of carbonyl (C=O) groups is 2. The van der Waals surface area contributed by atoms with E-state index in [4.69, 9.17) is 0 Å². The van der Waals surface area contributed by atoms with Gasteiger partial charge >= 0.3 is 0 Å². The van der Waals surface area contributed by atoms with Gasteiger partial charge in [0.1, 0.15) is 0 Å². The van der Waals surface area contributed by atoms with Crippen molar-refractivity contribution in [2.45, 2.75) is 13.1 Å². The number of nitrogens with one attached hydrogen (secondary N) is 1. The third-order valence-corrected chi connectivity index (χ3v) is 4.84. The Kier molecular flexibility index (Phi) is 5.07. The second-order valence-electron chi connectivity index (χ2n) is 6.78. The van der Waals surface area contributed by atoms with Crippen molar-refractivity contribution in [2.75, 3.05) is 4.90 Å². The van der Waals surface area contributed by atoms with Crippen LogP contribution >= 0.6 is 0 Å². The van der Waals surface area contributed by atoms with Crippen LogP contribution in [0.3, 0.4) is 0 Å². The number of carbonyl (C=O) groups excluding carboxylic acids is 2. The molecule has 3 aromatic carbocycles. The molecule has 0 saturated heterocycles. The van der Waals surface area contributed by atoms with Crippen LogP contribution in [-0.2, 0) is 13.1 Å². The second-order valence-corrected chi connectivity index (χ2v) is 6.78. The van der Waals surface area contributed by atoms with Crippen LogP contribution in [-0.4, -0.2) is 18.1 Å². The second kappa shape index (κ2) is 7.98. The molecule has 0 spiro atoms. The van der Waals surface area contributed by atoms with Crippen molar-refractivity contribution in [3.05, 3.63) is 101 Å². The normalized spacial score (nSPS) is 12.8. The lowest BCUT2D eigenvalue weighted by Gasteiger charge is -2.18. The van der Waals surface area contributed by atoms with Crippen LogP contribution < -0.4 is 15.4 Å². The van der Waals surface area contributed by atoms with E-state index in [9.17, 15) is 14.7 Å². The van der Waals surface area contributed by atoms with E-state index in [1.54, 1.807) is 18.2 Å². The Morgan fingerprint density at radius 3 is 2.24 bits per heavy atom. The van der Waals surface area contributed by atoms with Gasteiger partial charge in [-0.1, -0.05) is 54.6 Å². The molecule has 1 N–H and O–H groups in total. The Bertz CT molecular complexity index is 1070. The van der Waals surface area contributed by atoms with Crippen molar-refractivity contribution in [1.82, 2.24) is 5.43 Å². The average molecular weight is 384 g/mol. The minimum Gasteiger partial charge on any atom is -0.545 e. The van der Waals surface area contributed by atoms with Crippen LogP contribution in [0.4, 0.5) is 5.69 Å². The first-order valence-corrected chi connectivity index (χ1v) is 9.17. The lowest BCUT2D eigenvalue weighted by atomic mass is 10.1. The zero-order valence-electron chi connectivity index (χ0n) is 15.5. The first kappa shape index (κ1) is 18.4. The van der Waals surface area contributed by atoms with Crippen molar-refractivity contribution in [1.29, 1.82) is 0 Å². The van der Waals surface area contributed by atoms with Crippen molar-refractivity contribution in [3.8, 4) is 0 Å². The van der Waals surface area contributed by atoms with Gasteiger partial charge < -0.3 is 14.8 Å². The number of hydrogen-bond acceptors (Lipinski definition) is 5. The van der Waals surface area contributed by atoms with E-state index in [2.05, 4.69) is 27.6 Å². The van der Waals surface area contributed by atoms with Gasteiger partial charge in [-0.15, -0.1) is 0 Å². The topological polar surface area (TPSA) is 84.8 Å². The van der Waals surface area contributed by atoms with Crippen LogP contribution in [0, 0.1) is 0 Å². The molecule has 0 fully saturated rings. The molecule has 6 heteroatoms. The summed E-state index contributed by atoms with van der Waals surface area (Å²) in [6, 6.07) is 21.8. The number of rotatable bonds is 5. The van der Waals surface area contributed by atoms with E-state index in [1.807, 2.05) is 30.3 Å². The molecular weight excluding hydrogens is 366 g/mol. The number of amides is 1. The highest BCUT2D eigenvalue weighted by Crippen LogP contribution is 2.28. The SMILES string of the molecule is O=C([O-])c1ccc(/C=N\NC(=O)c2cccc(N3Cc4ccccc4C3)c2)cc1. The standard InChI is InChI=1S/C23H19N3O3/c27-22(25-24-13-16-8-10-17(11-9-16)23(28)29)18-6-3-7-21(12-18)26-14-19-4-1-2-5-20(19)15-26/h1-13H,14-15H2,(H,25,27)(H,28,29)/p-1/b24-13-. The van der Waals surface area contributed by atoms with Crippen LogP contribution in [0.25, 0.3) is 0 Å². The molecule has 1 amide bonds. The van der Waals surface area contributed by atoms with Gasteiger partial charge in [0.2, 0.25) is 0 Å². The zero-order valence-corrected chi connectivity index (χ0v) is 15.5. The van der Waals surface area contributed by atoms with Gasteiger partial charge in [-0.05, 0) is 40.5 Å². The minimum atomic E-state index is -1.23. The third-order valence-electron chi connectivity index (χ3n) is 4.84. The number of hydrogen-bond donors (Lipinski definition) is 1. The van der Waals surface area contributed by atoms with E-state index in [0.717, 1.165) is 18.8 Å². The molecule has 0 saturated carbocycles. The van der Waals surface area contributed by atoms with Crippen molar-refractivity contribution in [2.24, 2.45) is 5.10 Å². The number of hydrazone groups is 1. The maximum Gasteiger partial charge on any atom is 0.271 e. The summed E-state index contributed by atoms with van der Waals surface area (Å²) in [4.78, 5) is 25.4. The third kappa shape index (κ3) is 4.16. The molecule has 1 heterocycles.